The zero-order chi connectivity index (χ0) is 24.5. The average Bonchev–Trinajstić information content (AvgIpc) is 3.60. The number of ether oxygens (including phenoxy) is 1. The first kappa shape index (κ1) is 22.2. The highest BCUT2D eigenvalue weighted by atomic mass is 32.1. The Balaban J connectivity index is 1.43. The summed E-state index contributed by atoms with van der Waals surface area (Å²) in [5, 5.41) is 27.7. The van der Waals surface area contributed by atoms with E-state index in [4.69, 9.17) is 9.15 Å². The first-order valence-corrected chi connectivity index (χ1v) is 11.3. The van der Waals surface area contributed by atoms with E-state index in [0.717, 1.165) is 11.4 Å². The second-order valence-corrected chi connectivity index (χ2v) is 8.33. The van der Waals surface area contributed by atoms with Crippen molar-refractivity contribution < 1.29 is 18.9 Å². The number of carbonyl (C=O) groups excluding carboxylic acids is 1. The lowest BCUT2D eigenvalue weighted by Gasteiger charge is -2.10. The Bertz CT molecular complexity index is 1570. The highest BCUT2D eigenvalue weighted by Crippen LogP contribution is 2.34. The number of nitro benzene ring substituents is 1. The van der Waals surface area contributed by atoms with Crippen molar-refractivity contribution in [2.75, 3.05) is 12.4 Å². The van der Waals surface area contributed by atoms with Gasteiger partial charge in [0.25, 0.3) is 11.6 Å². The highest BCUT2D eigenvalue weighted by molar-refractivity contribution is 7.19. The van der Waals surface area contributed by atoms with Crippen molar-refractivity contribution in [2.24, 2.45) is 0 Å². The van der Waals surface area contributed by atoms with Crippen LogP contribution in [0.3, 0.4) is 0 Å². The minimum atomic E-state index is -0.531. The van der Waals surface area contributed by atoms with E-state index in [9.17, 15) is 14.9 Å². The van der Waals surface area contributed by atoms with Crippen molar-refractivity contribution in [3.8, 4) is 27.6 Å². The Labute approximate surface area is 202 Å². The standard InChI is InChI=1S/C23H18N6O5S/c1-3-20-25-26-23-28(20)27-22(35-23)13-8-9-18(33-2)15(12-13)24-21(30)19-11-10-17(34-19)14-6-4-5-7-16(14)29(31)32/h4-12H,3H2,1-2H3,(H,24,30). The van der Waals surface area contributed by atoms with Crippen LogP contribution in [0.4, 0.5) is 11.4 Å². The maximum absolute atomic E-state index is 12.9. The Hall–Kier alpha value is -4.58. The molecular weight excluding hydrogens is 472 g/mol. The van der Waals surface area contributed by atoms with Gasteiger partial charge in [-0.2, -0.15) is 9.61 Å². The van der Waals surface area contributed by atoms with Crippen LogP contribution in [0.25, 0.3) is 26.9 Å². The number of aryl methyl sites for hydroxylation is 1. The number of fused-ring (bicyclic) bond motifs is 1. The Morgan fingerprint density at radius 2 is 2.03 bits per heavy atom. The van der Waals surface area contributed by atoms with Gasteiger partial charge in [0.1, 0.15) is 16.5 Å². The van der Waals surface area contributed by atoms with Crippen molar-refractivity contribution in [3.05, 3.63) is 76.3 Å². The molecule has 0 radical (unpaired) electrons. The zero-order valence-corrected chi connectivity index (χ0v) is 19.4. The summed E-state index contributed by atoms with van der Waals surface area (Å²) in [6.45, 7) is 1.98. The van der Waals surface area contributed by atoms with Crippen LogP contribution in [0.15, 0.2) is 59.0 Å². The zero-order valence-electron chi connectivity index (χ0n) is 18.6. The second kappa shape index (κ2) is 8.99. The van der Waals surface area contributed by atoms with Crippen LogP contribution in [0.5, 0.6) is 5.75 Å². The Morgan fingerprint density at radius 1 is 1.20 bits per heavy atom. The molecule has 0 bridgehead atoms. The van der Waals surface area contributed by atoms with E-state index in [-0.39, 0.29) is 22.8 Å². The summed E-state index contributed by atoms with van der Waals surface area (Å²) < 4.78 is 12.8. The molecule has 0 unspecified atom stereocenters. The summed E-state index contributed by atoms with van der Waals surface area (Å²) in [7, 11) is 1.50. The van der Waals surface area contributed by atoms with E-state index in [1.165, 1.54) is 36.6 Å². The van der Waals surface area contributed by atoms with Crippen LogP contribution in [0, 0.1) is 10.1 Å². The van der Waals surface area contributed by atoms with Gasteiger partial charge in [-0.05, 0) is 36.4 Å². The van der Waals surface area contributed by atoms with Crippen LogP contribution in [-0.2, 0) is 6.42 Å². The van der Waals surface area contributed by atoms with Crippen LogP contribution >= 0.6 is 11.3 Å². The number of para-hydroxylation sites is 1. The minimum Gasteiger partial charge on any atom is -0.495 e. The number of rotatable bonds is 7. The summed E-state index contributed by atoms with van der Waals surface area (Å²) in [5.41, 5.74) is 1.35. The molecule has 0 spiro atoms. The fraction of sp³-hybridized carbons (Fsp3) is 0.130. The number of hydrogen-bond donors (Lipinski definition) is 1. The molecule has 5 aromatic rings. The number of anilines is 1. The fourth-order valence-corrected chi connectivity index (χ4v) is 4.42. The van der Waals surface area contributed by atoms with Gasteiger partial charge in [0.15, 0.2) is 11.6 Å². The highest BCUT2D eigenvalue weighted by Gasteiger charge is 2.21. The van der Waals surface area contributed by atoms with Crippen LogP contribution in [0.2, 0.25) is 0 Å². The molecular formula is C23H18N6O5S. The van der Waals surface area contributed by atoms with Gasteiger partial charge >= 0.3 is 0 Å². The molecule has 2 aromatic carbocycles. The number of hydrogen-bond acceptors (Lipinski definition) is 9. The summed E-state index contributed by atoms with van der Waals surface area (Å²) >= 11 is 1.38. The molecule has 0 saturated heterocycles. The maximum Gasteiger partial charge on any atom is 0.291 e. The van der Waals surface area contributed by atoms with E-state index < -0.39 is 10.8 Å². The molecule has 0 saturated carbocycles. The first-order valence-electron chi connectivity index (χ1n) is 10.5. The van der Waals surface area contributed by atoms with Gasteiger partial charge in [0, 0.05) is 18.1 Å². The molecule has 5 rings (SSSR count). The molecule has 1 amide bonds. The number of nitrogens with zero attached hydrogens (tertiary/aromatic N) is 5. The molecule has 0 atom stereocenters. The van der Waals surface area contributed by atoms with Crippen LogP contribution in [-0.4, -0.2) is 37.8 Å². The molecule has 35 heavy (non-hydrogen) atoms. The van der Waals surface area contributed by atoms with Gasteiger partial charge in [0.2, 0.25) is 4.96 Å². The van der Waals surface area contributed by atoms with Gasteiger partial charge in [-0.3, -0.25) is 14.9 Å². The average molecular weight is 491 g/mol. The molecule has 3 heterocycles. The van der Waals surface area contributed by atoms with Crippen molar-refractivity contribution >= 4 is 33.6 Å². The summed E-state index contributed by atoms with van der Waals surface area (Å²) in [6, 6.07) is 14.5. The van der Waals surface area contributed by atoms with E-state index in [1.807, 2.05) is 13.0 Å². The first-order chi connectivity index (χ1) is 17.0. The molecule has 0 fully saturated rings. The van der Waals surface area contributed by atoms with Gasteiger partial charge < -0.3 is 14.5 Å². The third kappa shape index (κ3) is 4.10. The summed E-state index contributed by atoms with van der Waals surface area (Å²) in [4.78, 5) is 24.5. The number of nitrogens with one attached hydrogen (secondary N) is 1. The van der Waals surface area contributed by atoms with Crippen LogP contribution < -0.4 is 10.1 Å². The molecule has 0 aliphatic rings. The molecule has 12 heteroatoms. The largest absolute Gasteiger partial charge is 0.495 e. The van der Waals surface area contributed by atoms with Crippen molar-refractivity contribution in [1.82, 2.24) is 19.8 Å². The number of aromatic nitrogens is 4. The number of amides is 1. The monoisotopic (exact) mass is 490 g/mol. The summed E-state index contributed by atoms with van der Waals surface area (Å²) in [5.74, 6) is 0.893. The third-order valence-corrected chi connectivity index (χ3v) is 6.21. The van der Waals surface area contributed by atoms with Crippen molar-refractivity contribution in [1.29, 1.82) is 0 Å². The smallest absolute Gasteiger partial charge is 0.291 e. The van der Waals surface area contributed by atoms with Crippen molar-refractivity contribution in [3.63, 3.8) is 0 Å². The third-order valence-electron chi connectivity index (χ3n) is 5.26. The fourth-order valence-electron chi connectivity index (χ4n) is 3.56. The molecule has 0 aliphatic heterocycles. The van der Waals surface area contributed by atoms with Gasteiger partial charge in [-0.25, -0.2) is 0 Å². The number of carbonyl (C=O) groups is 1. The molecule has 1 N–H and O–H groups in total. The predicted molar refractivity (Wildman–Crippen MR) is 129 cm³/mol. The predicted octanol–water partition coefficient (Wildman–Crippen LogP) is 4.84. The lowest BCUT2D eigenvalue weighted by Crippen LogP contribution is -2.11. The molecule has 3 aromatic heterocycles. The lowest BCUT2D eigenvalue weighted by atomic mass is 10.1. The van der Waals surface area contributed by atoms with E-state index in [0.29, 0.717) is 27.8 Å². The second-order valence-electron chi connectivity index (χ2n) is 7.38. The van der Waals surface area contributed by atoms with Gasteiger partial charge in [0.05, 0.1) is 23.3 Å². The minimum absolute atomic E-state index is 0.00279. The van der Waals surface area contributed by atoms with E-state index >= 15 is 0 Å². The molecule has 11 nitrogen and oxygen atoms in total. The molecule has 176 valence electrons. The normalized spacial score (nSPS) is 11.0. The lowest BCUT2D eigenvalue weighted by molar-refractivity contribution is -0.384. The number of benzene rings is 2. The van der Waals surface area contributed by atoms with Gasteiger partial charge in [-0.15, -0.1) is 10.2 Å². The van der Waals surface area contributed by atoms with Crippen molar-refractivity contribution in [2.45, 2.75) is 13.3 Å². The maximum atomic E-state index is 12.9. The Morgan fingerprint density at radius 3 is 2.80 bits per heavy atom. The Kier molecular flexibility index (Phi) is 5.71. The van der Waals surface area contributed by atoms with Crippen LogP contribution in [0.1, 0.15) is 23.3 Å². The number of methoxy groups -OCH3 is 1. The topological polar surface area (TPSA) is 138 Å². The summed E-state index contributed by atoms with van der Waals surface area (Å²) in [6.07, 6.45) is 0.700. The van der Waals surface area contributed by atoms with E-state index in [2.05, 4.69) is 20.6 Å². The molecule has 0 aliphatic carbocycles. The number of nitro groups is 1. The number of furan rings is 1. The van der Waals surface area contributed by atoms with Gasteiger partial charge in [-0.1, -0.05) is 30.4 Å². The quantitative estimate of drug-likeness (QED) is 0.253. The SMILES string of the molecule is CCc1nnc2sc(-c3ccc(OC)c(NC(=O)c4ccc(-c5ccccc5[N+](=O)[O-])o4)c3)nn12. The van der Waals surface area contributed by atoms with E-state index in [1.54, 1.807) is 34.8 Å².